The van der Waals surface area contributed by atoms with Crippen molar-refractivity contribution >= 4 is 17.5 Å². The highest BCUT2D eigenvalue weighted by atomic mass is 16.2. The molecule has 2 aromatic heterocycles. The fourth-order valence-electron chi connectivity index (χ4n) is 7.31. The van der Waals surface area contributed by atoms with Crippen molar-refractivity contribution < 1.29 is 9.59 Å². The van der Waals surface area contributed by atoms with E-state index in [4.69, 9.17) is 4.98 Å². The molecule has 2 amide bonds. The van der Waals surface area contributed by atoms with E-state index in [1.807, 2.05) is 41.8 Å². The van der Waals surface area contributed by atoms with Gasteiger partial charge in [0.15, 0.2) is 0 Å². The number of piperidine rings is 1. The van der Waals surface area contributed by atoms with E-state index in [1.165, 1.54) is 5.56 Å². The van der Waals surface area contributed by atoms with Crippen molar-refractivity contribution in [2.75, 3.05) is 0 Å². The quantitative estimate of drug-likeness (QED) is 0.592. The highest BCUT2D eigenvalue weighted by Crippen LogP contribution is 2.56. The Bertz CT molecular complexity index is 1270. The lowest BCUT2D eigenvalue weighted by molar-refractivity contribution is -0.142. The van der Waals surface area contributed by atoms with Gasteiger partial charge in [-0.2, -0.15) is 0 Å². The molecule has 1 aromatic carbocycles. The molecule has 6 rings (SSSR count). The zero-order valence-electron chi connectivity index (χ0n) is 20.1. The van der Waals surface area contributed by atoms with Gasteiger partial charge in [0.2, 0.25) is 5.91 Å². The van der Waals surface area contributed by atoms with Crippen molar-refractivity contribution in [3.8, 4) is 0 Å². The Hall–Kier alpha value is -3.15. The van der Waals surface area contributed by atoms with Crippen molar-refractivity contribution in [2.45, 2.75) is 77.0 Å². The Balaban J connectivity index is 1.45. The summed E-state index contributed by atoms with van der Waals surface area (Å²) in [6.07, 6.45) is 6.63. The predicted molar refractivity (Wildman–Crippen MR) is 130 cm³/mol. The third kappa shape index (κ3) is 3.04. The first-order chi connectivity index (χ1) is 16.4. The molecule has 176 valence electrons. The highest BCUT2D eigenvalue weighted by molar-refractivity contribution is 5.94. The van der Waals surface area contributed by atoms with Gasteiger partial charge in [0.1, 0.15) is 11.3 Å². The first-order valence-corrected chi connectivity index (χ1v) is 12.5. The monoisotopic (exact) mass is 456 g/mol. The summed E-state index contributed by atoms with van der Waals surface area (Å²) in [6, 6.07) is 16.6. The highest BCUT2D eigenvalue weighted by Gasteiger charge is 2.64. The van der Waals surface area contributed by atoms with Crippen molar-refractivity contribution in [2.24, 2.45) is 5.41 Å². The molecular weight excluding hydrogens is 424 g/mol. The largest absolute Gasteiger partial charge is 0.334 e. The molecule has 1 aliphatic carbocycles. The second-order valence-corrected chi connectivity index (χ2v) is 10.7. The topological polar surface area (TPSA) is 57.9 Å². The minimum absolute atomic E-state index is 0.00550. The van der Waals surface area contributed by atoms with Crippen LogP contribution in [0.4, 0.5) is 0 Å². The number of rotatable bonds is 3. The van der Waals surface area contributed by atoms with E-state index in [2.05, 4.69) is 41.0 Å². The molecule has 2 bridgehead atoms. The van der Waals surface area contributed by atoms with Gasteiger partial charge in [-0.3, -0.25) is 9.59 Å². The average Bonchev–Trinajstić information content (AvgIpc) is 3.39. The van der Waals surface area contributed by atoms with Gasteiger partial charge in [0.25, 0.3) is 5.91 Å². The number of aromatic nitrogens is 2. The summed E-state index contributed by atoms with van der Waals surface area (Å²) in [7, 11) is 0. The van der Waals surface area contributed by atoms with E-state index < -0.39 is 0 Å². The summed E-state index contributed by atoms with van der Waals surface area (Å²) >= 11 is 0. The number of hydrogen-bond acceptors (Lipinski definition) is 3. The van der Waals surface area contributed by atoms with Crippen molar-refractivity contribution in [3.63, 3.8) is 0 Å². The zero-order chi connectivity index (χ0) is 23.6. The van der Waals surface area contributed by atoms with Crippen LogP contribution < -0.4 is 0 Å². The summed E-state index contributed by atoms with van der Waals surface area (Å²) < 4.78 is 1.99. The second-order valence-electron chi connectivity index (χ2n) is 10.7. The van der Waals surface area contributed by atoms with Gasteiger partial charge in [-0.25, -0.2) is 4.98 Å². The summed E-state index contributed by atoms with van der Waals surface area (Å²) in [6.45, 7) is 6.04. The number of pyridine rings is 1. The molecule has 6 heteroatoms. The summed E-state index contributed by atoms with van der Waals surface area (Å²) in [5, 5.41) is 0. The standard InChI is InChI=1S/C28H32N4O2/c1-18-9-7-14-26-29-21(17-30(18)26)27(34)32-23-16-28(3)24(12-8-13-25(28)32)31(19(2)33)22(23)15-20-10-5-4-6-11-20/h4-7,9-11,14,17,22-25H,8,12-13,15-16H2,1-3H3/t22-,23+,24-,25+,28-/m1/s1. The molecule has 3 aromatic rings. The molecule has 4 heterocycles. The van der Waals surface area contributed by atoms with Gasteiger partial charge in [0.05, 0.1) is 12.1 Å². The summed E-state index contributed by atoms with van der Waals surface area (Å²) in [5.41, 5.74) is 3.48. The predicted octanol–water partition coefficient (Wildman–Crippen LogP) is 4.26. The van der Waals surface area contributed by atoms with Gasteiger partial charge in [-0.05, 0) is 56.7 Å². The molecule has 0 N–H and O–H groups in total. The lowest BCUT2D eigenvalue weighted by Crippen LogP contribution is -2.62. The number of benzene rings is 1. The molecule has 1 saturated carbocycles. The van der Waals surface area contributed by atoms with E-state index in [0.29, 0.717) is 5.69 Å². The minimum Gasteiger partial charge on any atom is -0.334 e. The SMILES string of the molecule is CC(=O)N1[C@H](Cc2ccccc2)[C@@H]2C[C@@]3(C)[C@H](CCC[C@@H]13)N2C(=O)c1cn2c(C)cccc2n1. The average molecular weight is 457 g/mol. The molecule has 2 aliphatic heterocycles. The molecule has 34 heavy (non-hydrogen) atoms. The maximum atomic E-state index is 14.1. The van der Waals surface area contributed by atoms with Crippen LogP contribution in [0.15, 0.2) is 54.7 Å². The number of aryl methyl sites for hydroxylation is 1. The Morgan fingerprint density at radius 3 is 2.47 bits per heavy atom. The normalized spacial score (nSPS) is 30.1. The third-order valence-electron chi connectivity index (χ3n) is 8.76. The van der Waals surface area contributed by atoms with Crippen molar-refractivity contribution in [1.29, 1.82) is 0 Å². The van der Waals surface area contributed by atoms with Crippen LogP contribution >= 0.6 is 0 Å². The molecule has 0 radical (unpaired) electrons. The van der Waals surface area contributed by atoms with Crippen LogP contribution in [0.5, 0.6) is 0 Å². The Kier molecular flexibility index (Phi) is 4.84. The molecule has 6 nitrogen and oxygen atoms in total. The number of fused-ring (bicyclic) bond motifs is 2. The maximum Gasteiger partial charge on any atom is 0.274 e. The van der Waals surface area contributed by atoms with Crippen molar-refractivity contribution in [1.82, 2.24) is 19.2 Å². The van der Waals surface area contributed by atoms with Crippen LogP contribution in [0.2, 0.25) is 0 Å². The van der Waals surface area contributed by atoms with Gasteiger partial charge in [-0.1, -0.05) is 43.3 Å². The van der Waals surface area contributed by atoms with Crippen molar-refractivity contribution in [3.05, 3.63) is 71.7 Å². The molecule has 3 aliphatic rings. The fraction of sp³-hybridized carbons (Fsp3) is 0.464. The number of amides is 2. The lowest BCUT2D eigenvalue weighted by Gasteiger charge is -2.52. The van der Waals surface area contributed by atoms with Gasteiger partial charge in [0, 0.05) is 36.3 Å². The molecule has 5 atom stereocenters. The number of imidazole rings is 1. The number of likely N-dealkylation sites (tertiary alicyclic amines) is 2. The molecule has 0 spiro atoms. The van der Waals surface area contributed by atoms with Gasteiger partial charge in [-0.15, -0.1) is 0 Å². The van der Waals surface area contributed by atoms with Crippen LogP contribution in [0.25, 0.3) is 5.65 Å². The minimum atomic E-state index is -0.0769. The number of hydrogen-bond donors (Lipinski definition) is 0. The van der Waals surface area contributed by atoms with Crippen LogP contribution in [-0.4, -0.2) is 55.2 Å². The number of carbonyl (C=O) groups is 2. The van der Waals surface area contributed by atoms with Crippen LogP contribution in [0.3, 0.4) is 0 Å². The van der Waals surface area contributed by atoms with E-state index in [-0.39, 0.29) is 41.4 Å². The Morgan fingerprint density at radius 1 is 1.03 bits per heavy atom. The summed E-state index contributed by atoms with van der Waals surface area (Å²) in [5.74, 6) is 0.131. The van der Waals surface area contributed by atoms with E-state index in [9.17, 15) is 9.59 Å². The van der Waals surface area contributed by atoms with E-state index >= 15 is 0 Å². The Labute approximate surface area is 200 Å². The first-order valence-electron chi connectivity index (χ1n) is 12.5. The van der Waals surface area contributed by atoms with Crippen LogP contribution in [-0.2, 0) is 11.2 Å². The zero-order valence-corrected chi connectivity index (χ0v) is 20.1. The smallest absolute Gasteiger partial charge is 0.274 e. The van der Waals surface area contributed by atoms with E-state index in [1.54, 1.807) is 6.92 Å². The Morgan fingerprint density at radius 2 is 1.76 bits per heavy atom. The fourth-order valence-corrected chi connectivity index (χ4v) is 7.31. The summed E-state index contributed by atoms with van der Waals surface area (Å²) in [4.78, 5) is 36.2. The lowest BCUT2D eigenvalue weighted by atomic mass is 9.64. The molecule has 3 fully saturated rings. The molecular formula is C28H32N4O2. The van der Waals surface area contributed by atoms with Gasteiger partial charge >= 0.3 is 0 Å². The third-order valence-corrected chi connectivity index (χ3v) is 8.76. The second kappa shape index (κ2) is 7.69. The number of carbonyl (C=O) groups excluding carboxylic acids is 2. The molecule has 0 unspecified atom stereocenters. The first kappa shape index (κ1) is 21.4. The van der Waals surface area contributed by atoms with E-state index in [0.717, 1.165) is 43.4 Å². The van der Waals surface area contributed by atoms with Crippen LogP contribution in [0, 0.1) is 12.3 Å². The molecule has 2 saturated heterocycles. The van der Waals surface area contributed by atoms with Gasteiger partial charge < -0.3 is 14.2 Å². The maximum absolute atomic E-state index is 14.1. The van der Waals surface area contributed by atoms with Crippen LogP contribution in [0.1, 0.15) is 61.3 Å². The number of nitrogens with zero attached hydrogens (tertiary/aromatic N) is 4.